The van der Waals surface area contributed by atoms with Crippen molar-refractivity contribution < 1.29 is 0 Å². The lowest BCUT2D eigenvalue weighted by atomic mass is 10.1. The van der Waals surface area contributed by atoms with Crippen molar-refractivity contribution in [1.82, 2.24) is 10.2 Å². The van der Waals surface area contributed by atoms with Crippen molar-refractivity contribution in [2.45, 2.75) is 0 Å². The van der Waals surface area contributed by atoms with Gasteiger partial charge in [-0.25, -0.2) is 0 Å². The Morgan fingerprint density at radius 3 is 2.86 bits per heavy atom. The molecule has 68 valence electrons. The molecular formula is C11H9N3. The second-order valence-electron chi connectivity index (χ2n) is 2.93. The molecule has 14 heavy (non-hydrogen) atoms. The Balaban J connectivity index is 2.47. The maximum atomic E-state index is 5.50. The highest BCUT2D eigenvalue weighted by atomic mass is 15.2. The molecule has 1 aromatic heterocycles. The smallest absolute Gasteiger partial charge is 0.145 e. The first-order valence-electron chi connectivity index (χ1n) is 4.17. The van der Waals surface area contributed by atoms with Gasteiger partial charge in [0.1, 0.15) is 5.82 Å². The lowest BCUT2D eigenvalue weighted by molar-refractivity contribution is 1.10. The zero-order valence-electron chi connectivity index (χ0n) is 7.49. The van der Waals surface area contributed by atoms with E-state index in [2.05, 4.69) is 16.1 Å². The van der Waals surface area contributed by atoms with E-state index in [1.807, 2.05) is 24.3 Å². The van der Waals surface area contributed by atoms with Crippen LogP contribution in [0.1, 0.15) is 5.56 Å². The van der Waals surface area contributed by atoms with Gasteiger partial charge in [0.2, 0.25) is 0 Å². The topological polar surface area (TPSA) is 54.7 Å². The highest BCUT2D eigenvalue weighted by molar-refractivity contribution is 5.63. The number of benzene rings is 1. The summed E-state index contributed by atoms with van der Waals surface area (Å²) in [6, 6.07) is 9.42. The van der Waals surface area contributed by atoms with Gasteiger partial charge >= 0.3 is 0 Å². The molecule has 0 aliphatic carbocycles. The number of rotatable bonds is 1. The first-order valence-corrected chi connectivity index (χ1v) is 4.17. The summed E-state index contributed by atoms with van der Waals surface area (Å²) < 4.78 is 0. The number of nitrogen functional groups attached to an aromatic ring is 1. The number of aromatic nitrogens is 2. The predicted octanol–water partition coefficient (Wildman–Crippen LogP) is 1.64. The van der Waals surface area contributed by atoms with Crippen molar-refractivity contribution in [1.29, 1.82) is 0 Å². The molecule has 3 N–H and O–H groups in total. The number of nitrogens with zero attached hydrogens (tertiary/aromatic N) is 1. The SMILES string of the molecule is C#Cc1cccc(-c2cc(N)n[nH]2)c1. The van der Waals surface area contributed by atoms with Crippen molar-refractivity contribution in [3.05, 3.63) is 35.9 Å². The fraction of sp³-hybridized carbons (Fsp3) is 0. The molecule has 1 heterocycles. The summed E-state index contributed by atoms with van der Waals surface area (Å²) in [4.78, 5) is 0. The van der Waals surface area contributed by atoms with E-state index in [-0.39, 0.29) is 0 Å². The summed E-state index contributed by atoms with van der Waals surface area (Å²) in [6.45, 7) is 0. The molecule has 1 aromatic carbocycles. The van der Waals surface area contributed by atoms with Gasteiger partial charge in [0.25, 0.3) is 0 Å². The summed E-state index contributed by atoms with van der Waals surface area (Å²) in [7, 11) is 0. The van der Waals surface area contributed by atoms with Crippen molar-refractivity contribution in [2.24, 2.45) is 0 Å². The van der Waals surface area contributed by atoms with Crippen molar-refractivity contribution in [3.8, 4) is 23.6 Å². The highest BCUT2D eigenvalue weighted by Gasteiger charge is 2.00. The average molecular weight is 183 g/mol. The van der Waals surface area contributed by atoms with Crippen LogP contribution in [0.4, 0.5) is 5.82 Å². The van der Waals surface area contributed by atoms with Gasteiger partial charge in [-0.05, 0) is 12.1 Å². The fourth-order valence-electron chi connectivity index (χ4n) is 1.26. The van der Waals surface area contributed by atoms with Crippen LogP contribution in [-0.2, 0) is 0 Å². The zero-order chi connectivity index (χ0) is 9.97. The molecule has 0 saturated carbocycles. The molecule has 0 fully saturated rings. The van der Waals surface area contributed by atoms with Crippen LogP contribution in [0.5, 0.6) is 0 Å². The number of anilines is 1. The Bertz CT molecular complexity index is 491. The Morgan fingerprint density at radius 1 is 1.36 bits per heavy atom. The number of hydrogen-bond donors (Lipinski definition) is 2. The number of nitrogens with one attached hydrogen (secondary N) is 1. The lowest BCUT2D eigenvalue weighted by Crippen LogP contribution is -1.81. The maximum Gasteiger partial charge on any atom is 0.145 e. The third-order valence-corrected chi connectivity index (χ3v) is 1.94. The third kappa shape index (κ3) is 1.46. The van der Waals surface area contributed by atoms with Gasteiger partial charge in [0, 0.05) is 17.2 Å². The van der Waals surface area contributed by atoms with Crippen LogP contribution < -0.4 is 5.73 Å². The quantitative estimate of drug-likeness (QED) is 0.660. The summed E-state index contributed by atoms with van der Waals surface area (Å²) >= 11 is 0. The van der Waals surface area contributed by atoms with Crippen LogP contribution in [0, 0.1) is 12.3 Å². The molecule has 0 saturated heterocycles. The molecule has 0 atom stereocenters. The van der Waals surface area contributed by atoms with Crippen LogP contribution in [0.25, 0.3) is 11.3 Å². The molecule has 0 aliphatic rings. The largest absolute Gasteiger partial charge is 0.382 e. The summed E-state index contributed by atoms with van der Waals surface area (Å²) in [5.74, 6) is 3.06. The second-order valence-corrected chi connectivity index (χ2v) is 2.93. The minimum atomic E-state index is 0.478. The normalized spacial score (nSPS) is 9.64. The summed E-state index contributed by atoms with van der Waals surface area (Å²) in [6.07, 6.45) is 5.30. The standard InChI is InChI=1S/C11H9N3/c1-2-8-4-3-5-9(6-8)10-7-11(12)14-13-10/h1,3-7H,(H3,12,13,14). The van der Waals surface area contributed by atoms with Crippen molar-refractivity contribution >= 4 is 5.82 Å². The minimum absolute atomic E-state index is 0.478. The number of hydrogen-bond acceptors (Lipinski definition) is 2. The first kappa shape index (κ1) is 8.39. The molecular weight excluding hydrogens is 174 g/mol. The highest BCUT2D eigenvalue weighted by Crippen LogP contribution is 2.19. The van der Waals surface area contributed by atoms with Gasteiger partial charge in [-0.1, -0.05) is 18.1 Å². The lowest BCUT2D eigenvalue weighted by Gasteiger charge is -1.97. The van der Waals surface area contributed by atoms with Gasteiger partial charge in [-0.2, -0.15) is 5.10 Å². The number of terminal acetylenes is 1. The Morgan fingerprint density at radius 2 is 2.21 bits per heavy atom. The summed E-state index contributed by atoms with van der Waals surface area (Å²) in [5.41, 5.74) is 8.21. The molecule has 0 spiro atoms. The van der Waals surface area contributed by atoms with E-state index < -0.39 is 0 Å². The van der Waals surface area contributed by atoms with Crippen LogP contribution in [-0.4, -0.2) is 10.2 Å². The molecule has 0 radical (unpaired) electrons. The minimum Gasteiger partial charge on any atom is -0.382 e. The summed E-state index contributed by atoms with van der Waals surface area (Å²) in [5, 5.41) is 6.68. The van der Waals surface area contributed by atoms with Crippen LogP contribution in [0.2, 0.25) is 0 Å². The van der Waals surface area contributed by atoms with Crippen molar-refractivity contribution in [3.63, 3.8) is 0 Å². The molecule has 2 rings (SSSR count). The van der Waals surface area contributed by atoms with E-state index in [1.165, 1.54) is 0 Å². The van der Waals surface area contributed by atoms with Crippen LogP contribution in [0.15, 0.2) is 30.3 Å². The Labute approximate surface area is 82.0 Å². The van der Waals surface area contributed by atoms with E-state index in [9.17, 15) is 0 Å². The first-order chi connectivity index (χ1) is 6.79. The molecule has 0 unspecified atom stereocenters. The Kier molecular flexibility index (Phi) is 1.96. The molecule has 0 amide bonds. The third-order valence-electron chi connectivity index (χ3n) is 1.94. The monoisotopic (exact) mass is 183 g/mol. The van der Waals surface area contributed by atoms with Gasteiger partial charge < -0.3 is 5.73 Å². The zero-order valence-corrected chi connectivity index (χ0v) is 7.49. The number of nitrogens with two attached hydrogens (primary N) is 1. The van der Waals surface area contributed by atoms with Crippen LogP contribution in [0.3, 0.4) is 0 Å². The van der Waals surface area contributed by atoms with Gasteiger partial charge in [0.15, 0.2) is 0 Å². The molecule has 0 aliphatic heterocycles. The van der Waals surface area contributed by atoms with E-state index in [0.29, 0.717) is 5.82 Å². The fourth-order valence-corrected chi connectivity index (χ4v) is 1.26. The van der Waals surface area contributed by atoms with E-state index in [4.69, 9.17) is 12.2 Å². The van der Waals surface area contributed by atoms with E-state index >= 15 is 0 Å². The molecule has 0 bridgehead atoms. The van der Waals surface area contributed by atoms with Crippen molar-refractivity contribution in [2.75, 3.05) is 5.73 Å². The number of H-pyrrole nitrogens is 1. The van der Waals surface area contributed by atoms with Gasteiger partial charge in [0.05, 0.1) is 5.69 Å². The van der Waals surface area contributed by atoms with Crippen LogP contribution >= 0.6 is 0 Å². The number of aromatic amines is 1. The van der Waals surface area contributed by atoms with E-state index in [0.717, 1.165) is 16.8 Å². The average Bonchev–Trinajstić information content (AvgIpc) is 2.65. The maximum absolute atomic E-state index is 5.50. The molecule has 2 aromatic rings. The van der Waals surface area contributed by atoms with E-state index in [1.54, 1.807) is 6.07 Å². The Hall–Kier alpha value is -2.21. The molecule has 3 nitrogen and oxygen atoms in total. The predicted molar refractivity (Wildman–Crippen MR) is 56.4 cm³/mol. The van der Waals surface area contributed by atoms with Gasteiger partial charge in [-0.3, -0.25) is 5.10 Å². The molecule has 3 heteroatoms. The second kappa shape index (κ2) is 3.27. The van der Waals surface area contributed by atoms with Gasteiger partial charge in [-0.15, -0.1) is 6.42 Å².